The lowest BCUT2D eigenvalue weighted by atomic mass is 9.95. The first-order chi connectivity index (χ1) is 9.41. The Balaban J connectivity index is 2.65. The molecule has 0 fully saturated rings. The van der Waals surface area contributed by atoms with Crippen molar-refractivity contribution in [3.8, 4) is 5.75 Å². The Morgan fingerprint density at radius 1 is 1.35 bits per heavy atom. The summed E-state index contributed by atoms with van der Waals surface area (Å²) >= 11 is 0. The fourth-order valence-electron chi connectivity index (χ4n) is 2.28. The zero-order valence-corrected chi connectivity index (χ0v) is 12.8. The fraction of sp³-hybridized carbons (Fsp3) is 0.562. The highest BCUT2D eigenvalue weighted by Crippen LogP contribution is 2.19. The van der Waals surface area contributed by atoms with Gasteiger partial charge < -0.3 is 15.2 Å². The number of aryl methyl sites for hydroxylation is 1. The number of carboxylic acids is 1. The number of rotatable bonds is 8. The predicted octanol–water partition coefficient (Wildman–Crippen LogP) is 2.86. The molecule has 1 aromatic carbocycles. The van der Waals surface area contributed by atoms with Crippen LogP contribution in [0.3, 0.4) is 0 Å². The highest BCUT2D eigenvalue weighted by atomic mass is 16.5. The lowest BCUT2D eigenvalue weighted by Gasteiger charge is -2.29. The first kappa shape index (κ1) is 16.5. The van der Waals surface area contributed by atoms with Crippen molar-refractivity contribution in [3.63, 3.8) is 0 Å². The second-order valence-electron chi connectivity index (χ2n) is 5.30. The smallest absolute Gasteiger partial charge is 0.323 e. The van der Waals surface area contributed by atoms with Crippen molar-refractivity contribution < 1.29 is 14.6 Å². The van der Waals surface area contributed by atoms with Gasteiger partial charge >= 0.3 is 5.97 Å². The topological polar surface area (TPSA) is 58.6 Å². The van der Waals surface area contributed by atoms with Crippen LogP contribution in [0.2, 0.25) is 0 Å². The molecular weight excluding hydrogens is 254 g/mol. The third kappa shape index (κ3) is 4.53. The molecule has 0 amide bonds. The summed E-state index contributed by atoms with van der Waals surface area (Å²) in [5, 5.41) is 12.3. The SMILES string of the molecule is CCNC(C)(CC(C)Oc1ccc(CC)cc1)C(=O)O. The van der Waals surface area contributed by atoms with E-state index in [4.69, 9.17) is 4.74 Å². The summed E-state index contributed by atoms with van der Waals surface area (Å²) in [6.45, 7) is 8.20. The summed E-state index contributed by atoms with van der Waals surface area (Å²) in [5.74, 6) is -0.0740. The minimum absolute atomic E-state index is 0.178. The number of likely N-dealkylation sites (N-methyl/N-ethyl adjacent to an activating group) is 1. The van der Waals surface area contributed by atoms with Crippen molar-refractivity contribution in [1.29, 1.82) is 0 Å². The van der Waals surface area contributed by atoms with Gasteiger partial charge in [-0.05, 0) is 44.5 Å². The van der Waals surface area contributed by atoms with Crippen molar-refractivity contribution in [2.75, 3.05) is 6.54 Å². The van der Waals surface area contributed by atoms with Gasteiger partial charge in [0.25, 0.3) is 0 Å². The molecule has 2 N–H and O–H groups in total. The molecule has 0 heterocycles. The lowest BCUT2D eigenvalue weighted by molar-refractivity contribution is -0.145. The van der Waals surface area contributed by atoms with Gasteiger partial charge in [0.15, 0.2) is 0 Å². The van der Waals surface area contributed by atoms with Crippen LogP contribution in [0.1, 0.15) is 39.7 Å². The summed E-state index contributed by atoms with van der Waals surface area (Å²) in [6, 6.07) is 7.92. The molecule has 2 atom stereocenters. The average molecular weight is 279 g/mol. The van der Waals surface area contributed by atoms with Gasteiger partial charge in [0.05, 0.1) is 6.10 Å². The molecular formula is C16H25NO3. The van der Waals surface area contributed by atoms with Crippen LogP contribution in [-0.4, -0.2) is 29.3 Å². The van der Waals surface area contributed by atoms with E-state index >= 15 is 0 Å². The second-order valence-corrected chi connectivity index (χ2v) is 5.30. The number of nitrogens with one attached hydrogen (secondary N) is 1. The molecule has 4 heteroatoms. The molecule has 0 aromatic heterocycles. The first-order valence-corrected chi connectivity index (χ1v) is 7.15. The highest BCUT2D eigenvalue weighted by Gasteiger charge is 2.34. The van der Waals surface area contributed by atoms with Gasteiger partial charge in [-0.1, -0.05) is 26.0 Å². The molecule has 4 nitrogen and oxygen atoms in total. The molecule has 2 unspecified atom stereocenters. The molecule has 20 heavy (non-hydrogen) atoms. The maximum absolute atomic E-state index is 11.4. The highest BCUT2D eigenvalue weighted by molar-refractivity contribution is 5.78. The van der Waals surface area contributed by atoms with Gasteiger partial charge in [0.2, 0.25) is 0 Å². The molecule has 112 valence electrons. The maximum Gasteiger partial charge on any atom is 0.323 e. The minimum atomic E-state index is -0.961. The Bertz CT molecular complexity index is 430. The van der Waals surface area contributed by atoms with Crippen LogP contribution in [-0.2, 0) is 11.2 Å². The standard InChI is InChI=1S/C16H25NO3/c1-5-13-7-9-14(10-8-13)20-12(3)11-16(4,15(18)19)17-6-2/h7-10,12,17H,5-6,11H2,1-4H3,(H,18,19). The van der Waals surface area contributed by atoms with Gasteiger partial charge in [-0.25, -0.2) is 0 Å². The number of aliphatic carboxylic acids is 1. The summed E-state index contributed by atoms with van der Waals surface area (Å²) in [6.07, 6.45) is 1.22. The Morgan fingerprint density at radius 3 is 2.40 bits per heavy atom. The van der Waals surface area contributed by atoms with Crippen LogP contribution in [0.25, 0.3) is 0 Å². The second kappa shape index (κ2) is 7.29. The number of ether oxygens (including phenoxy) is 1. The Labute approximate surface area is 121 Å². The van der Waals surface area contributed by atoms with E-state index in [0.717, 1.165) is 12.2 Å². The fourth-order valence-corrected chi connectivity index (χ4v) is 2.28. The predicted molar refractivity (Wildman–Crippen MR) is 80.2 cm³/mol. The summed E-state index contributed by atoms with van der Waals surface area (Å²) in [5.41, 5.74) is 0.297. The van der Waals surface area contributed by atoms with Crippen molar-refractivity contribution in [2.24, 2.45) is 0 Å². The van der Waals surface area contributed by atoms with E-state index in [2.05, 4.69) is 12.2 Å². The van der Waals surface area contributed by atoms with Crippen molar-refractivity contribution in [3.05, 3.63) is 29.8 Å². The third-order valence-electron chi connectivity index (χ3n) is 3.40. The zero-order chi connectivity index (χ0) is 15.2. The minimum Gasteiger partial charge on any atom is -0.491 e. The Morgan fingerprint density at radius 2 is 1.95 bits per heavy atom. The largest absolute Gasteiger partial charge is 0.491 e. The van der Waals surface area contributed by atoms with E-state index in [9.17, 15) is 9.90 Å². The van der Waals surface area contributed by atoms with Crippen LogP contribution in [0.4, 0.5) is 0 Å². The number of hydrogen-bond donors (Lipinski definition) is 2. The van der Waals surface area contributed by atoms with Crippen molar-refractivity contribution >= 4 is 5.97 Å². The quantitative estimate of drug-likeness (QED) is 0.768. The number of benzene rings is 1. The summed E-state index contributed by atoms with van der Waals surface area (Å²) in [4.78, 5) is 11.4. The summed E-state index contributed by atoms with van der Waals surface area (Å²) in [7, 11) is 0. The number of carboxylic acid groups (broad SMARTS) is 1. The van der Waals surface area contributed by atoms with Gasteiger partial charge in [-0.3, -0.25) is 4.79 Å². The maximum atomic E-state index is 11.4. The molecule has 1 rings (SSSR count). The molecule has 1 aromatic rings. The summed E-state index contributed by atoms with van der Waals surface area (Å²) < 4.78 is 5.80. The molecule has 0 radical (unpaired) electrons. The first-order valence-electron chi connectivity index (χ1n) is 7.15. The van der Waals surface area contributed by atoms with Crippen molar-refractivity contribution in [2.45, 2.75) is 52.2 Å². The van der Waals surface area contributed by atoms with Crippen LogP contribution >= 0.6 is 0 Å². The van der Waals surface area contributed by atoms with E-state index in [1.54, 1.807) is 6.92 Å². The molecule has 0 saturated heterocycles. The zero-order valence-electron chi connectivity index (χ0n) is 12.8. The van der Waals surface area contributed by atoms with Crippen molar-refractivity contribution in [1.82, 2.24) is 5.32 Å². The molecule has 0 aliphatic carbocycles. The van der Waals surface area contributed by atoms with Gasteiger partial charge in [0.1, 0.15) is 11.3 Å². The van der Waals surface area contributed by atoms with E-state index in [1.165, 1.54) is 5.56 Å². The van der Waals surface area contributed by atoms with Crippen LogP contribution in [0, 0.1) is 0 Å². The van der Waals surface area contributed by atoms with E-state index in [1.807, 2.05) is 38.1 Å². The monoisotopic (exact) mass is 279 g/mol. The van der Waals surface area contributed by atoms with E-state index in [0.29, 0.717) is 13.0 Å². The van der Waals surface area contributed by atoms with E-state index < -0.39 is 11.5 Å². The number of carbonyl (C=O) groups is 1. The molecule has 0 spiro atoms. The molecule has 0 aliphatic heterocycles. The van der Waals surface area contributed by atoms with Crippen LogP contribution in [0.5, 0.6) is 5.75 Å². The lowest BCUT2D eigenvalue weighted by Crippen LogP contribution is -2.51. The van der Waals surface area contributed by atoms with Crippen LogP contribution in [0.15, 0.2) is 24.3 Å². The Hall–Kier alpha value is -1.55. The van der Waals surface area contributed by atoms with Gasteiger partial charge in [-0.15, -0.1) is 0 Å². The van der Waals surface area contributed by atoms with Gasteiger partial charge in [-0.2, -0.15) is 0 Å². The normalized spacial score (nSPS) is 15.4. The Kier molecular flexibility index (Phi) is 6.02. The number of hydrogen-bond acceptors (Lipinski definition) is 3. The van der Waals surface area contributed by atoms with Crippen LogP contribution < -0.4 is 10.1 Å². The average Bonchev–Trinajstić information content (AvgIpc) is 2.39. The molecule has 0 aliphatic rings. The molecule has 0 bridgehead atoms. The van der Waals surface area contributed by atoms with Gasteiger partial charge in [0, 0.05) is 6.42 Å². The molecule has 0 saturated carbocycles. The third-order valence-corrected chi connectivity index (χ3v) is 3.40. The van der Waals surface area contributed by atoms with E-state index in [-0.39, 0.29) is 6.10 Å².